The molecule has 182 valence electrons. The van der Waals surface area contributed by atoms with Gasteiger partial charge >= 0.3 is 0 Å². The molecular weight excluding hydrogens is 438 g/mol. The number of carbonyl (C=O) groups is 1. The number of H-pyrrole nitrogens is 1. The molecule has 0 unspecified atom stereocenters. The maximum absolute atomic E-state index is 11.2. The number of primary amides is 1. The average molecular weight is 472 g/mol. The summed E-state index contributed by atoms with van der Waals surface area (Å²) in [6.07, 6.45) is 15.6. The Hall–Kier alpha value is -3.52. The highest BCUT2D eigenvalue weighted by molar-refractivity contribution is 5.92. The molecule has 3 aromatic rings. The Morgan fingerprint density at radius 1 is 1.03 bits per heavy atom. The van der Waals surface area contributed by atoms with Gasteiger partial charge < -0.3 is 15.6 Å². The molecule has 1 saturated heterocycles. The van der Waals surface area contributed by atoms with Crippen molar-refractivity contribution in [3.05, 3.63) is 64.9 Å². The second-order valence-electron chi connectivity index (χ2n) is 9.55. The van der Waals surface area contributed by atoms with Crippen molar-refractivity contribution in [1.29, 1.82) is 0 Å². The number of carbonyl (C=O) groups excluding carboxylic acids is 1. The van der Waals surface area contributed by atoms with Gasteiger partial charge in [-0.2, -0.15) is 0 Å². The number of allylic oxidation sites excluding steroid dienone is 1. The zero-order chi connectivity index (χ0) is 24.2. The Bertz CT molecular complexity index is 1190. The lowest BCUT2D eigenvalue weighted by molar-refractivity contribution is 0.1000. The summed E-state index contributed by atoms with van der Waals surface area (Å²) in [5.41, 5.74) is 13.0. The summed E-state index contributed by atoms with van der Waals surface area (Å²) in [7, 11) is 0. The minimum atomic E-state index is -0.485. The second-order valence-corrected chi connectivity index (χ2v) is 9.55. The third-order valence-electron chi connectivity index (χ3n) is 7.06. The monoisotopic (exact) mass is 471 g/mol. The summed E-state index contributed by atoms with van der Waals surface area (Å²) in [6.45, 7) is 7.30. The van der Waals surface area contributed by atoms with Gasteiger partial charge in [0.2, 0.25) is 11.9 Å². The molecule has 1 aliphatic heterocycles. The largest absolute Gasteiger partial charge is 0.366 e. The molecular formula is C27H33N7O. The van der Waals surface area contributed by atoms with Crippen molar-refractivity contribution in [3.8, 4) is 11.3 Å². The topological polar surface area (TPSA) is 104 Å². The predicted molar refractivity (Wildman–Crippen MR) is 138 cm³/mol. The Balaban J connectivity index is 1.06. The van der Waals surface area contributed by atoms with Crippen molar-refractivity contribution in [2.45, 2.75) is 39.0 Å². The number of aryl methyl sites for hydroxylation is 2. The molecule has 1 amide bonds. The molecule has 0 atom stereocenters. The number of amides is 1. The number of nitrogens with one attached hydrogen (secondary N) is 1. The van der Waals surface area contributed by atoms with Crippen molar-refractivity contribution >= 4 is 17.9 Å². The maximum atomic E-state index is 11.2. The quantitative estimate of drug-likeness (QED) is 0.488. The van der Waals surface area contributed by atoms with Crippen molar-refractivity contribution in [2.75, 3.05) is 37.6 Å². The molecule has 0 spiro atoms. The maximum Gasteiger partial charge on any atom is 0.250 e. The van der Waals surface area contributed by atoms with E-state index in [1.807, 2.05) is 0 Å². The number of aromatic amines is 1. The van der Waals surface area contributed by atoms with E-state index >= 15 is 0 Å². The van der Waals surface area contributed by atoms with E-state index in [1.54, 1.807) is 24.5 Å². The molecule has 35 heavy (non-hydrogen) atoms. The molecule has 0 aromatic carbocycles. The molecule has 3 N–H and O–H groups in total. The van der Waals surface area contributed by atoms with Crippen molar-refractivity contribution in [2.24, 2.45) is 5.73 Å². The number of pyridine rings is 1. The van der Waals surface area contributed by atoms with Crippen LogP contribution in [0.2, 0.25) is 0 Å². The van der Waals surface area contributed by atoms with Crippen LogP contribution in [0.5, 0.6) is 0 Å². The summed E-state index contributed by atoms with van der Waals surface area (Å²) in [5.74, 6) is 0.268. The van der Waals surface area contributed by atoms with Gasteiger partial charge in [0.25, 0.3) is 0 Å². The number of rotatable bonds is 8. The van der Waals surface area contributed by atoms with Crippen molar-refractivity contribution in [3.63, 3.8) is 0 Å². The zero-order valence-electron chi connectivity index (χ0n) is 20.3. The molecule has 1 aliphatic carbocycles. The highest BCUT2D eigenvalue weighted by Gasteiger charge is 2.19. The fourth-order valence-corrected chi connectivity index (χ4v) is 4.91. The van der Waals surface area contributed by atoms with E-state index in [1.165, 1.54) is 47.9 Å². The second kappa shape index (κ2) is 10.4. The molecule has 8 heteroatoms. The van der Waals surface area contributed by atoms with Gasteiger partial charge in [-0.1, -0.05) is 11.6 Å². The first-order valence-corrected chi connectivity index (χ1v) is 12.5. The standard InChI is InChI=1S/C27H33N7O/c1-19-5-7-25-23(14-19)20(15-30-25)4-2-3-9-33-10-12-34(13-11-33)27-31-17-22(18-32-27)24-8-6-21(16-29-24)26(28)35/h6,8,14-18,30H,2-5,7,9-13H2,1H3,(H2,28,35). The first-order valence-electron chi connectivity index (χ1n) is 12.5. The minimum Gasteiger partial charge on any atom is -0.366 e. The van der Waals surface area contributed by atoms with Crippen LogP contribution in [0.1, 0.15) is 53.4 Å². The number of hydrogen-bond acceptors (Lipinski definition) is 6. The van der Waals surface area contributed by atoms with Crippen molar-refractivity contribution < 1.29 is 4.79 Å². The number of hydrogen-bond donors (Lipinski definition) is 2. The van der Waals surface area contributed by atoms with Gasteiger partial charge in [-0.3, -0.25) is 14.7 Å². The summed E-state index contributed by atoms with van der Waals surface area (Å²) < 4.78 is 0. The van der Waals surface area contributed by atoms with E-state index in [2.05, 4.69) is 48.9 Å². The lowest BCUT2D eigenvalue weighted by Crippen LogP contribution is -2.47. The summed E-state index contributed by atoms with van der Waals surface area (Å²) in [5, 5.41) is 0. The first kappa shape index (κ1) is 23.2. The van der Waals surface area contributed by atoms with E-state index in [9.17, 15) is 4.79 Å². The number of anilines is 1. The Morgan fingerprint density at radius 3 is 2.54 bits per heavy atom. The molecule has 8 nitrogen and oxygen atoms in total. The number of piperazine rings is 1. The summed E-state index contributed by atoms with van der Waals surface area (Å²) in [6, 6.07) is 3.43. The van der Waals surface area contributed by atoms with Crippen LogP contribution in [0.3, 0.4) is 0 Å². The van der Waals surface area contributed by atoms with Gasteiger partial charge in [0, 0.05) is 62.2 Å². The van der Waals surface area contributed by atoms with Gasteiger partial charge in [0.15, 0.2) is 0 Å². The fraction of sp³-hybridized carbons (Fsp3) is 0.407. The number of nitrogens with zero attached hydrogens (tertiary/aromatic N) is 5. The van der Waals surface area contributed by atoms with Crippen LogP contribution in [-0.2, 0) is 12.8 Å². The van der Waals surface area contributed by atoms with Crippen LogP contribution in [0.4, 0.5) is 5.95 Å². The van der Waals surface area contributed by atoms with E-state index in [4.69, 9.17) is 5.73 Å². The number of unbranched alkanes of at least 4 members (excludes halogenated alkanes) is 1. The average Bonchev–Trinajstić information content (AvgIpc) is 3.29. The normalized spacial score (nSPS) is 16.1. The lowest BCUT2D eigenvalue weighted by Gasteiger charge is -2.34. The Labute approximate surface area is 206 Å². The molecule has 3 aromatic heterocycles. The summed E-state index contributed by atoms with van der Waals surface area (Å²) in [4.78, 5) is 32.9. The van der Waals surface area contributed by atoms with Crippen molar-refractivity contribution in [1.82, 2.24) is 24.8 Å². The number of fused-ring (bicyclic) bond motifs is 1. The predicted octanol–water partition coefficient (Wildman–Crippen LogP) is 3.46. The van der Waals surface area contributed by atoms with Gasteiger partial charge in [-0.25, -0.2) is 9.97 Å². The molecule has 0 saturated carbocycles. The van der Waals surface area contributed by atoms with Gasteiger partial charge in [0.05, 0.1) is 11.3 Å². The number of nitrogens with two attached hydrogens (primary N) is 1. The van der Waals surface area contributed by atoms with E-state index in [0.717, 1.165) is 62.8 Å². The Kier molecular flexibility index (Phi) is 6.90. The van der Waals surface area contributed by atoms with Crippen LogP contribution >= 0.6 is 0 Å². The van der Waals surface area contributed by atoms with E-state index in [0.29, 0.717) is 5.56 Å². The minimum absolute atomic E-state index is 0.389. The number of aromatic nitrogens is 4. The van der Waals surface area contributed by atoms with Crippen LogP contribution in [0.25, 0.3) is 17.3 Å². The van der Waals surface area contributed by atoms with Gasteiger partial charge in [-0.15, -0.1) is 0 Å². The third-order valence-corrected chi connectivity index (χ3v) is 7.06. The lowest BCUT2D eigenvalue weighted by atomic mass is 9.95. The SMILES string of the molecule is CC1=Cc2c(CCCCN3CCN(c4ncc(-c5ccc(C(N)=O)cn5)cn4)CC3)c[nH]c2CC1. The van der Waals surface area contributed by atoms with E-state index in [-0.39, 0.29) is 0 Å². The molecule has 0 bridgehead atoms. The fourth-order valence-electron chi connectivity index (χ4n) is 4.91. The van der Waals surface area contributed by atoms with Gasteiger partial charge in [0.1, 0.15) is 0 Å². The van der Waals surface area contributed by atoms with Crippen LogP contribution in [0.15, 0.2) is 42.5 Å². The highest BCUT2D eigenvalue weighted by Crippen LogP contribution is 2.27. The molecule has 0 radical (unpaired) electrons. The highest BCUT2D eigenvalue weighted by atomic mass is 16.1. The zero-order valence-corrected chi connectivity index (χ0v) is 20.3. The van der Waals surface area contributed by atoms with Crippen LogP contribution in [0, 0.1) is 0 Å². The molecule has 1 fully saturated rings. The van der Waals surface area contributed by atoms with Gasteiger partial charge in [-0.05, 0) is 68.8 Å². The molecule has 4 heterocycles. The van der Waals surface area contributed by atoms with E-state index < -0.39 is 5.91 Å². The third kappa shape index (κ3) is 5.43. The van der Waals surface area contributed by atoms with Crippen LogP contribution < -0.4 is 10.6 Å². The first-order chi connectivity index (χ1) is 17.1. The van der Waals surface area contributed by atoms with Crippen LogP contribution in [-0.4, -0.2) is 63.5 Å². The smallest absolute Gasteiger partial charge is 0.250 e. The molecule has 2 aliphatic rings. The Morgan fingerprint density at radius 2 is 1.83 bits per heavy atom. The molecule has 5 rings (SSSR count). The summed E-state index contributed by atoms with van der Waals surface area (Å²) >= 11 is 0.